The molecule has 0 unspecified atom stereocenters. The fourth-order valence-corrected chi connectivity index (χ4v) is 0.471. The molecule has 4 heteroatoms. The summed E-state index contributed by atoms with van der Waals surface area (Å²) in [6.07, 6.45) is 7.04. The Morgan fingerprint density at radius 1 is 1.64 bits per heavy atom. The highest BCUT2D eigenvalue weighted by Crippen LogP contribution is 1.96. The van der Waals surface area contributed by atoms with Gasteiger partial charge in [-0.3, -0.25) is 10.1 Å². The number of nitrogens with two attached hydrogens (primary N) is 1. The minimum atomic E-state index is -0.497. The molecule has 0 aliphatic carbocycles. The molecular formula is C7H10N2O2. The summed E-state index contributed by atoms with van der Waals surface area (Å²) in [5.41, 5.74) is 4.97. The van der Waals surface area contributed by atoms with E-state index in [1.165, 1.54) is 12.2 Å². The Morgan fingerprint density at radius 2 is 2.27 bits per heavy atom. The molecule has 0 fully saturated rings. The molecule has 0 aromatic carbocycles. The van der Waals surface area contributed by atoms with Gasteiger partial charge in [0.05, 0.1) is 4.92 Å². The second-order valence-corrected chi connectivity index (χ2v) is 1.73. The van der Waals surface area contributed by atoms with E-state index in [0.717, 1.165) is 6.20 Å². The lowest BCUT2D eigenvalue weighted by Gasteiger charge is -1.86. The third kappa shape index (κ3) is 3.91. The lowest BCUT2D eigenvalue weighted by molar-refractivity contribution is -0.419. The Balaban J connectivity index is 4.45. The minimum absolute atomic E-state index is 0.0226. The van der Waals surface area contributed by atoms with Gasteiger partial charge in [-0.15, -0.1) is 0 Å². The van der Waals surface area contributed by atoms with Gasteiger partial charge in [0.25, 0.3) is 5.70 Å². The van der Waals surface area contributed by atoms with Gasteiger partial charge in [-0.2, -0.15) is 0 Å². The Kier molecular flexibility index (Phi) is 4.47. The van der Waals surface area contributed by atoms with Crippen LogP contribution < -0.4 is 5.73 Å². The number of nitrogens with zero attached hydrogens (tertiary/aromatic N) is 1. The van der Waals surface area contributed by atoms with E-state index < -0.39 is 4.92 Å². The van der Waals surface area contributed by atoms with Crippen LogP contribution in [0.2, 0.25) is 0 Å². The highest BCUT2D eigenvalue weighted by atomic mass is 16.6. The molecule has 0 saturated heterocycles. The molecular weight excluding hydrogens is 144 g/mol. The summed E-state index contributed by atoms with van der Waals surface area (Å²) in [5.74, 6) is 0. The van der Waals surface area contributed by atoms with Crippen molar-refractivity contribution in [2.45, 2.75) is 6.92 Å². The summed E-state index contributed by atoms with van der Waals surface area (Å²) in [7, 11) is 0. The molecule has 0 bridgehead atoms. The summed E-state index contributed by atoms with van der Waals surface area (Å²) < 4.78 is 0. The van der Waals surface area contributed by atoms with E-state index in [1.54, 1.807) is 19.1 Å². The first-order chi connectivity index (χ1) is 5.22. The van der Waals surface area contributed by atoms with Crippen LogP contribution in [0.25, 0.3) is 0 Å². The monoisotopic (exact) mass is 154 g/mol. The molecule has 0 heterocycles. The zero-order chi connectivity index (χ0) is 8.69. The van der Waals surface area contributed by atoms with E-state index in [1.807, 2.05) is 0 Å². The highest BCUT2D eigenvalue weighted by molar-refractivity contribution is 5.16. The summed E-state index contributed by atoms with van der Waals surface area (Å²) >= 11 is 0. The molecule has 0 aliphatic rings. The molecule has 0 spiro atoms. The molecule has 4 nitrogen and oxygen atoms in total. The van der Waals surface area contributed by atoms with E-state index >= 15 is 0 Å². The quantitative estimate of drug-likeness (QED) is 0.377. The van der Waals surface area contributed by atoms with Crippen LogP contribution >= 0.6 is 0 Å². The first-order valence-electron chi connectivity index (χ1n) is 3.08. The predicted octanol–water partition coefficient (Wildman–Crippen LogP) is 1.20. The maximum absolute atomic E-state index is 10.2. The van der Waals surface area contributed by atoms with Gasteiger partial charge >= 0.3 is 0 Å². The number of nitro groups is 1. The Labute approximate surface area is 64.9 Å². The van der Waals surface area contributed by atoms with Crippen LogP contribution in [0.5, 0.6) is 0 Å². The average molecular weight is 154 g/mol. The normalized spacial score (nSPS) is 13.0. The number of hydrogen-bond donors (Lipinski definition) is 1. The zero-order valence-corrected chi connectivity index (χ0v) is 6.23. The van der Waals surface area contributed by atoms with Crippen LogP contribution in [0.15, 0.2) is 36.2 Å². The summed E-state index contributed by atoms with van der Waals surface area (Å²) in [5, 5.41) is 10.2. The molecule has 60 valence electrons. The van der Waals surface area contributed by atoms with Gasteiger partial charge < -0.3 is 5.73 Å². The molecule has 2 N–H and O–H groups in total. The summed E-state index contributed by atoms with van der Waals surface area (Å²) in [4.78, 5) is 9.70. The lowest BCUT2D eigenvalue weighted by atomic mass is 10.3. The smallest absolute Gasteiger partial charge is 0.270 e. The Morgan fingerprint density at radius 3 is 2.64 bits per heavy atom. The molecule has 0 aromatic heterocycles. The predicted molar refractivity (Wildman–Crippen MR) is 43.2 cm³/mol. The van der Waals surface area contributed by atoms with Crippen molar-refractivity contribution in [3.8, 4) is 0 Å². The van der Waals surface area contributed by atoms with Crippen molar-refractivity contribution in [3.63, 3.8) is 0 Å². The minimum Gasteiger partial charge on any atom is -0.404 e. The van der Waals surface area contributed by atoms with Crippen molar-refractivity contribution in [1.82, 2.24) is 0 Å². The third-order valence-electron chi connectivity index (χ3n) is 0.937. The summed E-state index contributed by atoms with van der Waals surface area (Å²) in [6.45, 7) is 1.78. The van der Waals surface area contributed by atoms with Crippen molar-refractivity contribution in [3.05, 3.63) is 46.3 Å². The zero-order valence-electron chi connectivity index (χ0n) is 6.23. The fourth-order valence-electron chi connectivity index (χ4n) is 0.471. The van der Waals surface area contributed by atoms with E-state index in [4.69, 9.17) is 5.73 Å². The molecule has 0 aliphatic heterocycles. The molecule has 0 atom stereocenters. The van der Waals surface area contributed by atoms with Crippen LogP contribution in [-0.4, -0.2) is 4.92 Å². The van der Waals surface area contributed by atoms with Gasteiger partial charge in [0.2, 0.25) is 0 Å². The summed E-state index contributed by atoms with van der Waals surface area (Å²) in [6, 6.07) is 0. The number of allylic oxidation sites excluding steroid dienone is 4. The molecule has 11 heavy (non-hydrogen) atoms. The van der Waals surface area contributed by atoms with Gasteiger partial charge in [-0.25, -0.2) is 0 Å². The Bertz CT molecular complexity index is 216. The van der Waals surface area contributed by atoms with Gasteiger partial charge in [-0.05, 0) is 6.92 Å². The van der Waals surface area contributed by atoms with Crippen LogP contribution in [0.4, 0.5) is 0 Å². The van der Waals surface area contributed by atoms with E-state index in [2.05, 4.69) is 0 Å². The standard InChI is InChI=1S/C7H10N2O2/c1-2-3-4-7(5-6-8)9(10)11/h2-6H,8H2,1H3/b3-2+,6-5+,7-4+. The van der Waals surface area contributed by atoms with Crippen LogP contribution in [0.1, 0.15) is 6.92 Å². The maximum Gasteiger partial charge on any atom is 0.270 e. The largest absolute Gasteiger partial charge is 0.404 e. The van der Waals surface area contributed by atoms with Crippen molar-refractivity contribution in [2.75, 3.05) is 0 Å². The first kappa shape index (κ1) is 9.42. The van der Waals surface area contributed by atoms with Crippen LogP contribution in [0.3, 0.4) is 0 Å². The van der Waals surface area contributed by atoms with Crippen LogP contribution in [0, 0.1) is 10.1 Å². The topological polar surface area (TPSA) is 69.2 Å². The first-order valence-corrected chi connectivity index (χ1v) is 3.08. The molecule has 0 aromatic rings. The van der Waals surface area contributed by atoms with E-state index in [-0.39, 0.29) is 5.70 Å². The van der Waals surface area contributed by atoms with E-state index in [0.29, 0.717) is 0 Å². The fraction of sp³-hybridized carbons (Fsp3) is 0.143. The van der Waals surface area contributed by atoms with Crippen molar-refractivity contribution in [2.24, 2.45) is 5.73 Å². The SMILES string of the molecule is C/C=C/C=C(\C=C\N)[N+](=O)[O-]. The Hall–Kier alpha value is -1.58. The lowest BCUT2D eigenvalue weighted by Crippen LogP contribution is -1.95. The molecule has 0 saturated carbocycles. The van der Waals surface area contributed by atoms with Crippen molar-refractivity contribution < 1.29 is 4.92 Å². The van der Waals surface area contributed by atoms with Crippen molar-refractivity contribution in [1.29, 1.82) is 0 Å². The average Bonchev–Trinajstić information content (AvgIpc) is 1.97. The maximum atomic E-state index is 10.2. The van der Waals surface area contributed by atoms with Gasteiger partial charge in [0.15, 0.2) is 0 Å². The van der Waals surface area contributed by atoms with Crippen LogP contribution in [-0.2, 0) is 0 Å². The second kappa shape index (κ2) is 5.22. The van der Waals surface area contributed by atoms with Gasteiger partial charge in [0, 0.05) is 18.4 Å². The second-order valence-electron chi connectivity index (χ2n) is 1.73. The molecule has 0 amide bonds. The number of hydrogen-bond acceptors (Lipinski definition) is 3. The molecule has 0 radical (unpaired) electrons. The van der Waals surface area contributed by atoms with Crippen molar-refractivity contribution >= 4 is 0 Å². The van der Waals surface area contributed by atoms with Gasteiger partial charge in [-0.1, -0.05) is 12.2 Å². The highest BCUT2D eigenvalue weighted by Gasteiger charge is 2.01. The molecule has 0 rings (SSSR count). The number of rotatable bonds is 3. The van der Waals surface area contributed by atoms with Gasteiger partial charge in [0.1, 0.15) is 0 Å². The van der Waals surface area contributed by atoms with E-state index in [9.17, 15) is 10.1 Å². The third-order valence-corrected chi connectivity index (χ3v) is 0.937.